The smallest absolute Gasteiger partial charge is 0.225 e. The molecule has 1 atom stereocenters. The third-order valence-electron chi connectivity index (χ3n) is 3.97. The monoisotopic (exact) mass is 285 g/mol. The zero-order valence-corrected chi connectivity index (χ0v) is 13.7. The fourth-order valence-corrected chi connectivity index (χ4v) is 2.50. The normalized spacial score (nSPS) is 11.8. The summed E-state index contributed by atoms with van der Waals surface area (Å²) in [5.74, 6) is 0.620. The van der Waals surface area contributed by atoms with Gasteiger partial charge in [0.15, 0.2) is 0 Å². The lowest BCUT2D eigenvalue weighted by atomic mass is 9.98. The molecule has 0 aromatic heterocycles. The molecule has 1 amide bonds. The largest absolute Gasteiger partial charge is 0.346 e. The molecule has 0 aliphatic rings. The third kappa shape index (κ3) is 10.3. The Labute approximate surface area is 128 Å². The van der Waals surface area contributed by atoms with Crippen LogP contribution in [0.5, 0.6) is 0 Å². The molecule has 0 aliphatic carbocycles. The Bertz CT molecular complexity index is 215. The van der Waals surface area contributed by atoms with Crippen molar-refractivity contribution in [2.45, 2.75) is 92.4 Å². The van der Waals surface area contributed by atoms with Crippen LogP contribution in [0.1, 0.15) is 92.4 Å². The van der Waals surface area contributed by atoms with Crippen LogP contribution in [0.2, 0.25) is 0 Å². The molecule has 2 heteroatoms. The van der Waals surface area contributed by atoms with Crippen LogP contribution in [0.4, 0.5) is 0 Å². The summed E-state index contributed by atoms with van der Waals surface area (Å²) in [6, 6.07) is 0. The fourth-order valence-electron chi connectivity index (χ4n) is 2.50. The molecule has 0 N–H and O–H groups in total. The molecule has 0 saturated heterocycles. The van der Waals surface area contributed by atoms with E-state index in [0.717, 1.165) is 25.8 Å². The maximum Gasteiger partial charge on any atom is 0.225 e. The van der Waals surface area contributed by atoms with Gasteiger partial charge in [-0.25, -0.2) is 0 Å². The zero-order chi connectivity index (χ0) is 14.5. The molecule has 0 aromatic carbocycles. The number of rotatable bonds is 12. The van der Waals surface area contributed by atoms with Crippen molar-refractivity contribution in [1.29, 1.82) is 0 Å². The summed E-state index contributed by atoms with van der Waals surface area (Å²) in [5.41, 5.74) is 0. The Kier molecular flexibility index (Phi) is 16.2. The van der Waals surface area contributed by atoms with E-state index in [0.29, 0.717) is 5.91 Å². The van der Waals surface area contributed by atoms with Crippen molar-refractivity contribution in [1.82, 2.24) is 4.90 Å². The van der Waals surface area contributed by atoms with Gasteiger partial charge >= 0.3 is 0 Å². The first-order chi connectivity index (χ1) is 9.17. The highest BCUT2D eigenvalue weighted by molar-refractivity contribution is 5.78. The number of unbranched alkanes of at least 4 members (excludes halogenated alkanes) is 6. The first-order valence-corrected chi connectivity index (χ1v) is 8.42. The Balaban J connectivity index is 0. The maximum atomic E-state index is 12.3. The lowest BCUT2D eigenvalue weighted by Gasteiger charge is -2.23. The first-order valence-electron chi connectivity index (χ1n) is 8.42. The van der Waals surface area contributed by atoms with Crippen LogP contribution in [-0.4, -0.2) is 24.4 Å². The molecule has 20 heavy (non-hydrogen) atoms. The SMILES string of the molecule is C.CCCCCCCCN(C)C(=O)C(CC)CCCC. The zero-order valence-electron chi connectivity index (χ0n) is 13.7. The second-order valence-electron chi connectivity index (χ2n) is 5.77. The fraction of sp³-hybridized carbons (Fsp3) is 0.944. The van der Waals surface area contributed by atoms with Gasteiger partial charge in [0.1, 0.15) is 0 Å². The van der Waals surface area contributed by atoms with Gasteiger partial charge in [-0.3, -0.25) is 4.79 Å². The predicted octanol–water partition coefficient (Wildman–Crippen LogP) is 5.66. The van der Waals surface area contributed by atoms with Crippen LogP contribution >= 0.6 is 0 Å². The highest BCUT2D eigenvalue weighted by atomic mass is 16.2. The average molecular weight is 286 g/mol. The summed E-state index contributed by atoms with van der Waals surface area (Å²) in [7, 11) is 1.98. The summed E-state index contributed by atoms with van der Waals surface area (Å²) in [4.78, 5) is 14.2. The minimum absolute atomic E-state index is 0. The molecule has 0 bridgehead atoms. The lowest BCUT2D eigenvalue weighted by molar-refractivity contribution is -0.134. The van der Waals surface area contributed by atoms with Crippen LogP contribution in [0, 0.1) is 5.92 Å². The van der Waals surface area contributed by atoms with E-state index in [2.05, 4.69) is 20.8 Å². The lowest BCUT2D eigenvalue weighted by Crippen LogP contribution is -2.33. The number of hydrogen-bond acceptors (Lipinski definition) is 1. The molecule has 0 rings (SSSR count). The highest BCUT2D eigenvalue weighted by Gasteiger charge is 2.19. The van der Waals surface area contributed by atoms with Gasteiger partial charge in [-0.1, -0.05) is 73.1 Å². The molecular formula is C18H39NO. The van der Waals surface area contributed by atoms with E-state index in [-0.39, 0.29) is 13.3 Å². The molecule has 0 radical (unpaired) electrons. The van der Waals surface area contributed by atoms with Crippen molar-refractivity contribution in [2.24, 2.45) is 5.92 Å². The minimum Gasteiger partial charge on any atom is -0.346 e. The maximum absolute atomic E-state index is 12.3. The second kappa shape index (κ2) is 14.9. The van der Waals surface area contributed by atoms with Gasteiger partial charge in [0.05, 0.1) is 0 Å². The summed E-state index contributed by atoms with van der Waals surface area (Å²) in [6.45, 7) is 7.51. The van der Waals surface area contributed by atoms with E-state index in [1.54, 1.807) is 0 Å². The van der Waals surface area contributed by atoms with Crippen molar-refractivity contribution >= 4 is 5.91 Å². The minimum atomic E-state index is 0. The first kappa shape index (κ1) is 21.8. The van der Waals surface area contributed by atoms with Crippen LogP contribution in [0.25, 0.3) is 0 Å². The van der Waals surface area contributed by atoms with Crippen LogP contribution < -0.4 is 0 Å². The highest BCUT2D eigenvalue weighted by Crippen LogP contribution is 2.16. The molecule has 0 fully saturated rings. The van der Waals surface area contributed by atoms with Crippen molar-refractivity contribution in [3.63, 3.8) is 0 Å². The molecule has 0 spiro atoms. The van der Waals surface area contributed by atoms with Crippen molar-refractivity contribution in [3.8, 4) is 0 Å². The number of carbonyl (C=O) groups is 1. The van der Waals surface area contributed by atoms with Crippen LogP contribution in [0.3, 0.4) is 0 Å². The quantitative estimate of drug-likeness (QED) is 0.424. The Morgan fingerprint density at radius 2 is 1.45 bits per heavy atom. The number of hydrogen-bond donors (Lipinski definition) is 0. The number of nitrogens with zero attached hydrogens (tertiary/aromatic N) is 1. The topological polar surface area (TPSA) is 20.3 Å². The van der Waals surface area contributed by atoms with Crippen molar-refractivity contribution in [3.05, 3.63) is 0 Å². The van der Waals surface area contributed by atoms with Crippen LogP contribution in [0.15, 0.2) is 0 Å². The van der Waals surface area contributed by atoms with Gasteiger partial charge in [0, 0.05) is 19.5 Å². The number of carbonyl (C=O) groups excluding carboxylic acids is 1. The summed E-state index contributed by atoms with van der Waals surface area (Å²) >= 11 is 0. The Morgan fingerprint density at radius 1 is 0.900 bits per heavy atom. The second-order valence-corrected chi connectivity index (χ2v) is 5.77. The van der Waals surface area contributed by atoms with Gasteiger partial charge in [-0.15, -0.1) is 0 Å². The van der Waals surface area contributed by atoms with E-state index >= 15 is 0 Å². The van der Waals surface area contributed by atoms with E-state index < -0.39 is 0 Å². The Morgan fingerprint density at radius 3 is 2.00 bits per heavy atom. The van der Waals surface area contributed by atoms with Gasteiger partial charge in [0.25, 0.3) is 0 Å². The van der Waals surface area contributed by atoms with Gasteiger partial charge in [-0.2, -0.15) is 0 Å². The standard InChI is InChI=1S/C17H35NO.CH4/c1-5-8-10-11-12-13-15-18(4)17(19)16(7-3)14-9-6-2;/h16H,5-15H2,1-4H3;1H4. The van der Waals surface area contributed by atoms with Gasteiger partial charge in [-0.05, 0) is 19.3 Å². The van der Waals surface area contributed by atoms with Crippen LogP contribution in [-0.2, 0) is 4.79 Å². The molecule has 122 valence electrons. The average Bonchev–Trinajstić information content (AvgIpc) is 2.43. The Hall–Kier alpha value is -0.530. The van der Waals surface area contributed by atoms with E-state index in [1.807, 2.05) is 11.9 Å². The summed E-state index contributed by atoms with van der Waals surface area (Å²) in [5, 5.41) is 0. The third-order valence-corrected chi connectivity index (χ3v) is 3.97. The van der Waals surface area contributed by atoms with E-state index in [1.165, 1.54) is 44.9 Å². The molecule has 0 aromatic rings. The molecule has 0 saturated carbocycles. The number of amides is 1. The van der Waals surface area contributed by atoms with E-state index in [4.69, 9.17) is 0 Å². The van der Waals surface area contributed by atoms with Gasteiger partial charge < -0.3 is 4.90 Å². The summed E-state index contributed by atoms with van der Waals surface area (Å²) < 4.78 is 0. The molecule has 1 unspecified atom stereocenters. The molecule has 0 heterocycles. The van der Waals surface area contributed by atoms with Crippen molar-refractivity contribution in [2.75, 3.05) is 13.6 Å². The predicted molar refractivity (Wildman–Crippen MR) is 91.1 cm³/mol. The molecule has 0 aliphatic heterocycles. The van der Waals surface area contributed by atoms with Crippen molar-refractivity contribution < 1.29 is 4.79 Å². The summed E-state index contributed by atoms with van der Waals surface area (Å²) in [6.07, 6.45) is 12.2. The molecule has 2 nitrogen and oxygen atoms in total. The van der Waals surface area contributed by atoms with E-state index in [9.17, 15) is 4.79 Å². The van der Waals surface area contributed by atoms with Gasteiger partial charge in [0.2, 0.25) is 5.91 Å². The molecular weight excluding hydrogens is 246 g/mol.